The van der Waals surface area contributed by atoms with E-state index in [0.717, 1.165) is 37.2 Å². The lowest BCUT2D eigenvalue weighted by atomic mass is 9.97. The summed E-state index contributed by atoms with van der Waals surface area (Å²) in [5.41, 5.74) is 3.03. The molecule has 1 amide bonds. The Bertz CT molecular complexity index is 957. The van der Waals surface area contributed by atoms with Crippen LogP contribution in [0.5, 0.6) is 0 Å². The molecule has 3 heterocycles. The lowest BCUT2D eigenvalue weighted by molar-refractivity contribution is 0.102. The first-order chi connectivity index (χ1) is 13.1. The number of amides is 1. The summed E-state index contributed by atoms with van der Waals surface area (Å²) in [4.78, 5) is 18.3. The number of nitrogens with zero attached hydrogens (tertiary/aromatic N) is 4. The summed E-state index contributed by atoms with van der Waals surface area (Å²) in [6.45, 7) is 5.93. The fourth-order valence-electron chi connectivity index (χ4n) is 3.34. The van der Waals surface area contributed by atoms with E-state index in [0.29, 0.717) is 22.4 Å². The highest BCUT2D eigenvalue weighted by molar-refractivity contribution is 7.15. The second-order valence-corrected chi connectivity index (χ2v) is 7.88. The Morgan fingerprint density at radius 3 is 2.89 bits per heavy atom. The lowest BCUT2D eigenvalue weighted by Crippen LogP contribution is -2.26. The molecule has 0 saturated carbocycles. The highest BCUT2D eigenvalue weighted by Gasteiger charge is 2.21. The minimum Gasteiger partial charge on any atom is -0.317 e. The minimum atomic E-state index is -0.280. The van der Waals surface area contributed by atoms with Crippen molar-refractivity contribution in [1.29, 1.82) is 0 Å². The van der Waals surface area contributed by atoms with Crippen LogP contribution in [0.3, 0.4) is 0 Å². The summed E-state index contributed by atoms with van der Waals surface area (Å²) in [6, 6.07) is 7.94. The van der Waals surface area contributed by atoms with Gasteiger partial charge in [-0.05, 0) is 63.4 Å². The van der Waals surface area contributed by atoms with Crippen LogP contribution in [-0.4, -0.2) is 39.0 Å². The molecule has 8 heteroatoms. The Balaban J connectivity index is 1.50. The third kappa shape index (κ3) is 3.77. The Hall–Kier alpha value is -2.58. The van der Waals surface area contributed by atoms with Crippen LogP contribution < -0.4 is 10.6 Å². The summed E-state index contributed by atoms with van der Waals surface area (Å²) in [6.07, 6.45) is 4.10. The molecule has 0 bridgehead atoms. The van der Waals surface area contributed by atoms with Gasteiger partial charge in [0.25, 0.3) is 5.91 Å². The second kappa shape index (κ2) is 7.58. The molecule has 0 unspecified atom stereocenters. The number of hydrogen-bond acceptors (Lipinski definition) is 6. The van der Waals surface area contributed by atoms with Gasteiger partial charge >= 0.3 is 0 Å². The molecule has 2 aromatic heterocycles. The monoisotopic (exact) mass is 382 g/mol. The Kier molecular flexibility index (Phi) is 5.00. The lowest BCUT2D eigenvalue weighted by Gasteiger charge is -2.20. The number of hydrogen-bond donors (Lipinski definition) is 2. The molecule has 4 rings (SSSR count). The van der Waals surface area contributed by atoms with Crippen molar-refractivity contribution in [2.45, 2.75) is 32.6 Å². The van der Waals surface area contributed by atoms with E-state index in [4.69, 9.17) is 0 Å². The van der Waals surface area contributed by atoms with E-state index in [1.54, 1.807) is 16.0 Å². The van der Waals surface area contributed by atoms with E-state index in [1.807, 2.05) is 44.3 Å². The van der Waals surface area contributed by atoms with Crippen molar-refractivity contribution in [2.75, 3.05) is 18.4 Å². The van der Waals surface area contributed by atoms with E-state index in [-0.39, 0.29) is 5.91 Å². The van der Waals surface area contributed by atoms with Gasteiger partial charge in [-0.3, -0.25) is 10.1 Å². The van der Waals surface area contributed by atoms with Crippen LogP contribution in [0.4, 0.5) is 5.13 Å². The summed E-state index contributed by atoms with van der Waals surface area (Å²) < 4.78 is 1.68. The molecule has 2 N–H and O–H groups in total. The smallest absolute Gasteiger partial charge is 0.279 e. The van der Waals surface area contributed by atoms with Gasteiger partial charge in [0, 0.05) is 11.1 Å². The number of nitrogens with one attached hydrogen (secondary N) is 2. The minimum absolute atomic E-state index is 0.280. The number of benzene rings is 1. The number of aryl methyl sites for hydroxylation is 1. The molecule has 1 fully saturated rings. The molecule has 1 saturated heterocycles. The van der Waals surface area contributed by atoms with Crippen LogP contribution >= 0.6 is 11.3 Å². The Labute approximate surface area is 161 Å². The van der Waals surface area contributed by atoms with Crippen LogP contribution in [0.25, 0.3) is 5.69 Å². The summed E-state index contributed by atoms with van der Waals surface area (Å²) in [5, 5.41) is 15.1. The number of rotatable bonds is 4. The maximum atomic E-state index is 12.7. The van der Waals surface area contributed by atoms with Crippen molar-refractivity contribution in [3.05, 3.63) is 52.3 Å². The van der Waals surface area contributed by atoms with Gasteiger partial charge in [0.1, 0.15) is 0 Å². The number of piperidine rings is 1. The Morgan fingerprint density at radius 2 is 2.11 bits per heavy atom. The molecule has 0 radical (unpaired) electrons. The third-order valence-corrected chi connectivity index (χ3v) is 5.92. The van der Waals surface area contributed by atoms with Crippen LogP contribution in [0, 0.1) is 13.8 Å². The van der Waals surface area contributed by atoms with E-state index in [2.05, 4.69) is 25.9 Å². The predicted molar refractivity (Wildman–Crippen MR) is 106 cm³/mol. The van der Waals surface area contributed by atoms with E-state index >= 15 is 0 Å². The molecule has 1 aliphatic heterocycles. The SMILES string of the molecule is Cc1cccc(-n2nnc(C(=O)Nc3ncc(C4CCNCC4)s3)c2C)c1. The van der Waals surface area contributed by atoms with Crippen LogP contribution in [0.15, 0.2) is 30.5 Å². The first-order valence-corrected chi connectivity index (χ1v) is 9.90. The van der Waals surface area contributed by atoms with Gasteiger partial charge < -0.3 is 5.32 Å². The maximum Gasteiger partial charge on any atom is 0.279 e. The van der Waals surface area contributed by atoms with Crippen LogP contribution in [0.1, 0.15) is 45.4 Å². The summed E-state index contributed by atoms with van der Waals surface area (Å²) in [7, 11) is 0. The van der Waals surface area contributed by atoms with Crippen molar-refractivity contribution in [3.8, 4) is 5.69 Å². The quantitative estimate of drug-likeness (QED) is 0.724. The average molecular weight is 382 g/mol. The van der Waals surface area contributed by atoms with Gasteiger partial charge in [-0.1, -0.05) is 17.3 Å². The van der Waals surface area contributed by atoms with Crippen molar-refractivity contribution < 1.29 is 4.79 Å². The molecular formula is C19H22N6OS. The topological polar surface area (TPSA) is 84.7 Å². The molecule has 0 spiro atoms. The molecule has 140 valence electrons. The maximum absolute atomic E-state index is 12.7. The normalized spacial score (nSPS) is 15.0. The summed E-state index contributed by atoms with van der Waals surface area (Å²) in [5.74, 6) is 0.246. The standard InChI is InChI=1S/C19H22N6OS/c1-12-4-3-5-15(10-12)25-13(2)17(23-24-25)18(26)22-19-21-11-16(27-19)14-6-8-20-9-7-14/h3-5,10-11,14,20H,6-9H2,1-2H3,(H,21,22,26). The van der Waals surface area contributed by atoms with E-state index in [9.17, 15) is 4.79 Å². The molecule has 0 aliphatic carbocycles. The van der Waals surface area contributed by atoms with Crippen LogP contribution in [0.2, 0.25) is 0 Å². The first kappa shape index (κ1) is 17.8. The molecule has 7 nitrogen and oxygen atoms in total. The number of aromatic nitrogens is 4. The molecule has 1 aliphatic rings. The van der Waals surface area contributed by atoms with E-state index in [1.165, 1.54) is 4.88 Å². The fourth-order valence-corrected chi connectivity index (χ4v) is 4.32. The molecule has 27 heavy (non-hydrogen) atoms. The second-order valence-electron chi connectivity index (χ2n) is 6.82. The van der Waals surface area contributed by atoms with Gasteiger partial charge in [0.15, 0.2) is 10.8 Å². The van der Waals surface area contributed by atoms with Crippen molar-refractivity contribution in [1.82, 2.24) is 25.3 Å². The zero-order valence-corrected chi connectivity index (χ0v) is 16.2. The molecule has 0 atom stereocenters. The number of carbonyl (C=O) groups is 1. The van der Waals surface area contributed by atoms with Crippen LogP contribution in [-0.2, 0) is 0 Å². The van der Waals surface area contributed by atoms with Crippen molar-refractivity contribution >= 4 is 22.4 Å². The largest absolute Gasteiger partial charge is 0.317 e. The average Bonchev–Trinajstić information content (AvgIpc) is 3.29. The zero-order chi connectivity index (χ0) is 18.8. The van der Waals surface area contributed by atoms with Gasteiger partial charge in [0.05, 0.1) is 11.4 Å². The first-order valence-electron chi connectivity index (χ1n) is 9.09. The summed E-state index contributed by atoms with van der Waals surface area (Å²) >= 11 is 1.55. The Morgan fingerprint density at radius 1 is 1.30 bits per heavy atom. The molecule has 1 aromatic carbocycles. The van der Waals surface area contributed by atoms with Gasteiger partial charge in [-0.2, -0.15) is 0 Å². The highest BCUT2D eigenvalue weighted by Crippen LogP contribution is 2.31. The third-order valence-electron chi connectivity index (χ3n) is 4.84. The number of carbonyl (C=O) groups excluding carboxylic acids is 1. The van der Waals surface area contributed by atoms with Crippen molar-refractivity contribution in [2.24, 2.45) is 0 Å². The van der Waals surface area contributed by atoms with Gasteiger partial charge in [0.2, 0.25) is 0 Å². The molecular weight excluding hydrogens is 360 g/mol. The number of anilines is 1. The fraction of sp³-hybridized carbons (Fsp3) is 0.368. The van der Waals surface area contributed by atoms with Gasteiger partial charge in [-0.25, -0.2) is 9.67 Å². The van der Waals surface area contributed by atoms with Crippen molar-refractivity contribution in [3.63, 3.8) is 0 Å². The van der Waals surface area contributed by atoms with E-state index < -0.39 is 0 Å². The predicted octanol–water partition coefficient (Wildman–Crippen LogP) is 3.06. The van der Waals surface area contributed by atoms with Gasteiger partial charge in [-0.15, -0.1) is 16.4 Å². The number of thiazole rings is 1. The highest BCUT2D eigenvalue weighted by atomic mass is 32.1. The molecule has 3 aromatic rings. The zero-order valence-electron chi connectivity index (χ0n) is 15.4.